The lowest BCUT2D eigenvalue weighted by atomic mass is 10.0. The zero-order chi connectivity index (χ0) is 19.1. The minimum Gasteiger partial charge on any atom is -0.338 e. The van der Waals surface area contributed by atoms with E-state index in [1.807, 2.05) is 18.0 Å². The number of nitrogens with one attached hydrogen (secondary N) is 2. The van der Waals surface area contributed by atoms with Gasteiger partial charge in [0.15, 0.2) is 0 Å². The van der Waals surface area contributed by atoms with Crippen LogP contribution in [0.4, 0.5) is 11.4 Å². The zero-order valence-corrected chi connectivity index (χ0v) is 16.9. The van der Waals surface area contributed by atoms with E-state index in [0.29, 0.717) is 5.91 Å². The molecule has 0 aliphatic carbocycles. The summed E-state index contributed by atoms with van der Waals surface area (Å²) in [6.45, 7) is 3.21. The van der Waals surface area contributed by atoms with E-state index in [2.05, 4.69) is 40.1 Å². The number of piperidine rings is 1. The second-order valence-corrected chi connectivity index (χ2v) is 9.14. The average molecular weight is 399 g/mol. The van der Waals surface area contributed by atoms with Gasteiger partial charge in [0.2, 0.25) is 5.91 Å². The lowest BCUT2D eigenvalue weighted by molar-refractivity contribution is -0.131. The Bertz CT molecular complexity index is 877. The van der Waals surface area contributed by atoms with E-state index >= 15 is 0 Å². The molecule has 0 spiro atoms. The van der Waals surface area contributed by atoms with Gasteiger partial charge >= 0.3 is 0 Å². The molecule has 28 heavy (non-hydrogen) atoms. The summed E-state index contributed by atoms with van der Waals surface area (Å²) in [4.78, 5) is 24.8. The monoisotopic (exact) mass is 398 g/mol. The van der Waals surface area contributed by atoms with E-state index in [-0.39, 0.29) is 12.0 Å². The fraction of sp³-hybridized carbons (Fsp3) is 0.476. The minimum atomic E-state index is 0.131. The number of nitrogens with zero attached hydrogens (tertiary/aromatic N) is 2. The van der Waals surface area contributed by atoms with Crippen molar-refractivity contribution in [3.05, 3.63) is 35.2 Å². The molecule has 2 saturated heterocycles. The van der Waals surface area contributed by atoms with Crippen molar-refractivity contribution >= 4 is 28.6 Å². The topological polar surface area (TPSA) is 56.8 Å². The number of hydrogen-bond acceptors (Lipinski definition) is 6. The van der Waals surface area contributed by atoms with Crippen LogP contribution < -0.4 is 11.0 Å². The Morgan fingerprint density at radius 1 is 1.11 bits per heavy atom. The van der Waals surface area contributed by atoms with Crippen LogP contribution in [-0.2, 0) is 9.73 Å². The van der Waals surface area contributed by atoms with Crippen LogP contribution >= 0.6 is 11.3 Å². The highest BCUT2D eigenvalue weighted by Crippen LogP contribution is 2.42. The van der Waals surface area contributed by atoms with Crippen molar-refractivity contribution in [2.75, 3.05) is 37.6 Å². The zero-order valence-electron chi connectivity index (χ0n) is 16.1. The molecule has 6 nitrogen and oxygen atoms in total. The summed E-state index contributed by atoms with van der Waals surface area (Å²) in [5.41, 5.74) is 8.74. The SMILES string of the molecule is CN1C(=O)C(CN2CCCCC2)CC1c1ccc(-c2ccc3c(c2)NON3)s1. The molecule has 1 amide bonds. The van der Waals surface area contributed by atoms with Crippen molar-refractivity contribution in [1.82, 2.24) is 9.80 Å². The van der Waals surface area contributed by atoms with Crippen molar-refractivity contribution in [1.29, 1.82) is 0 Å². The first-order valence-electron chi connectivity index (χ1n) is 10.1. The lowest BCUT2D eigenvalue weighted by Crippen LogP contribution is -2.36. The number of fused-ring (bicyclic) bond motifs is 1. The first-order chi connectivity index (χ1) is 13.7. The van der Waals surface area contributed by atoms with Gasteiger partial charge in [0.25, 0.3) is 0 Å². The molecule has 0 bridgehead atoms. The number of rotatable bonds is 4. The van der Waals surface area contributed by atoms with Gasteiger partial charge < -0.3 is 9.80 Å². The Balaban J connectivity index is 1.31. The van der Waals surface area contributed by atoms with Gasteiger partial charge in [-0.25, -0.2) is 11.0 Å². The summed E-state index contributed by atoms with van der Waals surface area (Å²) in [5, 5.41) is 0. The van der Waals surface area contributed by atoms with E-state index in [1.165, 1.54) is 29.0 Å². The maximum Gasteiger partial charge on any atom is 0.227 e. The van der Waals surface area contributed by atoms with E-state index in [0.717, 1.165) is 43.0 Å². The van der Waals surface area contributed by atoms with Gasteiger partial charge in [0, 0.05) is 23.3 Å². The number of anilines is 2. The largest absolute Gasteiger partial charge is 0.338 e. The predicted molar refractivity (Wildman–Crippen MR) is 112 cm³/mol. The Hall–Kier alpha value is -2.09. The summed E-state index contributed by atoms with van der Waals surface area (Å²) in [6.07, 6.45) is 4.79. The molecule has 3 aliphatic rings. The molecule has 2 unspecified atom stereocenters. The lowest BCUT2D eigenvalue weighted by Gasteiger charge is -2.28. The van der Waals surface area contributed by atoms with Gasteiger partial charge in [0.05, 0.1) is 23.3 Å². The van der Waals surface area contributed by atoms with Crippen LogP contribution in [0.3, 0.4) is 0 Å². The van der Waals surface area contributed by atoms with Crippen molar-refractivity contribution < 1.29 is 9.73 Å². The van der Waals surface area contributed by atoms with Gasteiger partial charge in [0.1, 0.15) is 0 Å². The van der Waals surface area contributed by atoms with Crippen LogP contribution in [0.15, 0.2) is 30.3 Å². The summed E-state index contributed by atoms with van der Waals surface area (Å²) < 4.78 is 0. The molecule has 1 aromatic carbocycles. The van der Waals surface area contributed by atoms with Crippen LogP contribution in [0.5, 0.6) is 0 Å². The average Bonchev–Trinajstić information content (AvgIpc) is 3.44. The number of amides is 1. The standard InChI is InChI=1S/C21H26N4O2S/c1-24-18(12-15(21(24)26)13-25-9-3-2-4-10-25)20-8-7-19(28-20)14-5-6-16-17(11-14)23-27-22-16/h5-8,11,15,18,22-23H,2-4,9-10,12-13H2,1H3. The second kappa shape index (κ2) is 7.39. The van der Waals surface area contributed by atoms with Gasteiger partial charge in [-0.3, -0.25) is 4.79 Å². The molecule has 2 aromatic rings. The smallest absolute Gasteiger partial charge is 0.227 e. The van der Waals surface area contributed by atoms with Gasteiger partial charge in [-0.05, 0) is 62.2 Å². The fourth-order valence-electron chi connectivity index (χ4n) is 4.58. The molecule has 4 heterocycles. The maximum absolute atomic E-state index is 12.8. The van der Waals surface area contributed by atoms with Crippen LogP contribution in [0.1, 0.15) is 36.6 Å². The highest BCUT2D eigenvalue weighted by Gasteiger charge is 2.39. The summed E-state index contributed by atoms with van der Waals surface area (Å²) in [5.74, 6) is 0.432. The van der Waals surface area contributed by atoms with Crippen molar-refractivity contribution in [2.45, 2.75) is 31.7 Å². The van der Waals surface area contributed by atoms with Crippen molar-refractivity contribution in [3.63, 3.8) is 0 Å². The molecule has 3 aliphatic heterocycles. The number of thiophene rings is 1. The molecule has 7 heteroatoms. The molecule has 5 rings (SSSR count). The number of likely N-dealkylation sites (tertiary alicyclic amines) is 2. The highest BCUT2D eigenvalue weighted by atomic mass is 32.1. The van der Waals surface area contributed by atoms with Crippen LogP contribution in [-0.4, -0.2) is 42.4 Å². The van der Waals surface area contributed by atoms with Crippen LogP contribution in [0.25, 0.3) is 10.4 Å². The molecular formula is C21H26N4O2S. The molecule has 1 aromatic heterocycles. The number of hydrogen-bond donors (Lipinski definition) is 2. The van der Waals surface area contributed by atoms with Crippen LogP contribution in [0, 0.1) is 5.92 Å². The molecule has 0 saturated carbocycles. The molecular weight excluding hydrogens is 372 g/mol. The number of carbonyl (C=O) groups excluding carboxylic acids is 1. The highest BCUT2D eigenvalue weighted by molar-refractivity contribution is 7.15. The molecule has 148 valence electrons. The third kappa shape index (κ3) is 3.27. The molecule has 2 N–H and O–H groups in total. The normalized spacial score (nSPS) is 24.9. The second-order valence-electron chi connectivity index (χ2n) is 8.03. The number of benzene rings is 1. The Labute approximate surface area is 169 Å². The van der Waals surface area contributed by atoms with E-state index in [9.17, 15) is 4.79 Å². The third-order valence-electron chi connectivity index (χ3n) is 6.18. The van der Waals surface area contributed by atoms with Gasteiger partial charge in [-0.1, -0.05) is 12.5 Å². The Morgan fingerprint density at radius 2 is 1.93 bits per heavy atom. The molecule has 2 atom stereocenters. The van der Waals surface area contributed by atoms with E-state index in [1.54, 1.807) is 11.3 Å². The summed E-state index contributed by atoms with van der Waals surface area (Å²) in [6, 6.07) is 10.8. The van der Waals surface area contributed by atoms with Gasteiger partial charge in [-0.2, -0.15) is 4.94 Å². The van der Waals surface area contributed by atoms with Crippen molar-refractivity contribution in [2.24, 2.45) is 5.92 Å². The summed E-state index contributed by atoms with van der Waals surface area (Å²) in [7, 11) is 1.96. The first kappa shape index (κ1) is 18.0. The maximum atomic E-state index is 12.8. The first-order valence-corrected chi connectivity index (χ1v) is 10.9. The Kier molecular flexibility index (Phi) is 4.74. The predicted octanol–water partition coefficient (Wildman–Crippen LogP) is 4.10. The van der Waals surface area contributed by atoms with E-state index < -0.39 is 0 Å². The third-order valence-corrected chi connectivity index (χ3v) is 7.42. The van der Waals surface area contributed by atoms with Crippen molar-refractivity contribution in [3.8, 4) is 10.4 Å². The quantitative estimate of drug-likeness (QED) is 0.812. The fourth-order valence-corrected chi connectivity index (χ4v) is 5.74. The Morgan fingerprint density at radius 3 is 2.79 bits per heavy atom. The van der Waals surface area contributed by atoms with Gasteiger partial charge in [-0.15, -0.1) is 11.3 Å². The summed E-state index contributed by atoms with van der Waals surface area (Å²) >= 11 is 1.79. The number of carbonyl (C=O) groups is 1. The van der Waals surface area contributed by atoms with Crippen LogP contribution in [0.2, 0.25) is 0 Å². The van der Waals surface area contributed by atoms with E-state index in [4.69, 9.17) is 4.94 Å². The molecule has 2 fully saturated rings. The molecule has 0 radical (unpaired) electrons. The minimum absolute atomic E-state index is 0.131.